The molecule has 0 radical (unpaired) electrons. The van der Waals surface area contributed by atoms with Gasteiger partial charge in [0.25, 0.3) is 5.91 Å². The van der Waals surface area contributed by atoms with Gasteiger partial charge in [-0.3, -0.25) is 4.79 Å². The molecule has 0 aliphatic carbocycles. The van der Waals surface area contributed by atoms with Crippen LogP contribution in [0.25, 0.3) is 0 Å². The maximum atomic E-state index is 11.9. The Labute approximate surface area is 129 Å². The van der Waals surface area contributed by atoms with E-state index in [0.717, 1.165) is 6.42 Å². The third kappa shape index (κ3) is 6.90. The first-order chi connectivity index (χ1) is 9.83. The zero-order valence-electron chi connectivity index (χ0n) is 11.3. The summed E-state index contributed by atoms with van der Waals surface area (Å²) >= 11 is 5.68. The SMILES string of the molecule is CCCNc1ccc(Cl)c(C(=O)NCCSC(F)(F)F)n1. The van der Waals surface area contributed by atoms with Crippen LogP contribution in [0.2, 0.25) is 5.02 Å². The third-order valence-electron chi connectivity index (χ3n) is 2.27. The van der Waals surface area contributed by atoms with Crippen LogP contribution in [0, 0.1) is 0 Å². The molecule has 1 rings (SSSR count). The van der Waals surface area contributed by atoms with Gasteiger partial charge >= 0.3 is 5.51 Å². The molecule has 118 valence electrons. The zero-order chi connectivity index (χ0) is 15.9. The largest absolute Gasteiger partial charge is 0.441 e. The van der Waals surface area contributed by atoms with Gasteiger partial charge in [-0.25, -0.2) is 4.98 Å². The first-order valence-corrected chi connectivity index (χ1v) is 7.59. The molecule has 0 atom stereocenters. The Hall–Kier alpha value is -1.15. The minimum atomic E-state index is -4.30. The lowest BCUT2D eigenvalue weighted by Gasteiger charge is -2.09. The van der Waals surface area contributed by atoms with Crippen LogP contribution in [0.3, 0.4) is 0 Å². The lowest BCUT2D eigenvalue weighted by molar-refractivity contribution is -0.0327. The number of carbonyl (C=O) groups excluding carboxylic acids is 1. The Morgan fingerprint density at radius 3 is 2.71 bits per heavy atom. The zero-order valence-corrected chi connectivity index (χ0v) is 12.8. The summed E-state index contributed by atoms with van der Waals surface area (Å²) in [5.41, 5.74) is -4.31. The molecule has 0 saturated carbocycles. The van der Waals surface area contributed by atoms with E-state index in [4.69, 9.17) is 11.6 Å². The van der Waals surface area contributed by atoms with Gasteiger partial charge in [0.1, 0.15) is 11.5 Å². The molecule has 1 aromatic heterocycles. The van der Waals surface area contributed by atoms with E-state index in [0.29, 0.717) is 12.4 Å². The number of alkyl halides is 3. The quantitative estimate of drug-likeness (QED) is 0.745. The van der Waals surface area contributed by atoms with Gasteiger partial charge in [0.15, 0.2) is 0 Å². The Kier molecular flexibility index (Phi) is 7.10. The standard InChI is InChI=1S/C12H15ClF3N3OS/c1-2-5-17-9-4-3-8(13)10(19-9)11(20)18-6-7-21-12(14,15)16/h3-4H,2,5-7H2,1H3,(H,17,19)(H,18,20). The number of rotatable bonds is 7. The van der Waals surface area contributed by atoms with Crippen molar-refractivity contribution < 1.29 is 18.0 Å². The van der Waals surface area contributed by atoms with Crippen molar-refractivity contribution in [3.63, 3.8) is 0 Å². The van der Waals surface area contributed by atoms with Gasteiger partial charge < -0.3 is 10.6 Å². The van der Waals surface area contributed by atoms with Gasteiger partial charge in [-0.2, -0.15) is 13.2 Å². The summed E-state index contributed by atoms with van der Waals surface area (Å²) in [6, 6.07) is 3.15. The minimum Gasteiger partial charge on any atom is -0.370 e. The van der Waals surface area contributed by atoms with Crippen molar-refractivity contribution in [2.24, 2.45) is 0 Å². The van der Waals surface area contributed by atoms with Crippen molar-refractivity contribution >= 4 is 35.1 Å². The average molecular weight is 342 g/mol. The van der Waals surface area contributed by atoms with Crippen LogP contribution in [0.15, 0.2) is 12.1 Å². The van der Waals surface area contributed by atoms with Crippen molar-refractivity contribution in [3.8, 4) is 0 Å². The molecule has 21 heavy (non-hydrogen) atoms. The Balaban J connectivity index is 2.56. The summed E-state index contributed by atoms with van der Waals surface area (Å²) in [5.74, 6) is -0.361. The fraction of sp³-hybridized carbons (Fsp3) is 0.500. The van der Waals surface area contributed by atoms with Gasteiger partial charge in [-0.1, -0.05) is 18.5 Å². The highest BCUT2D eigenvalue weighted by atomic mass is 35.5. The number of hydrogen-bond donors (Lipinski definition) is 2. The average Bonchev–Trinajstić information content (AvgIpc) is 2.41. The number of anilines is 1. The van der Waals surface area contributed by atoms with Crippen LogP contribution in [0.1, 0.15) is 23.8 Å². The fourth-order valence-corrected chi connectivity index (χ4v) is 1.99. The van der Waals surface area contributed by atoms with E-state index in [2.05, 4.69) is 15.6 Å². The first-order valence-electron chi connectivity index (χ1n) is 6.22. The molecule has 2 N–H and O–H groups in total. The van der Waals surface area contributed by atoms with Crippen molar-refractivity contribution in [2.45, 2.75) is 18.9 Å². The lowest BCUT2D eigenvalue weighted by Crippen LogP contribution is -2.27. The Bertz CT molecular complexity index is 485. The fourth-order valence-electron chi connectivity index (χ4n) is 1.37. The Morgan fingerprint density at radius 1 is 1.38 bits per heavy atom. The van der Waals surface area contributed by atoms with Gasteiger partial charge in [0, 0.05) is 18.8 Å². The number of hydrogen-bond acceptors (Lipinski definition) is 4. The molecule has 1 aromatic rings. The molecule has 1 heterocycles. The molecular formula is C12H15ClF3N3OS. The number of thioether (sulfide) groups is 1. The highest BCUT2D eigenvalue weighted by molar-refractivity contribution is 8.00. The van der Waals surface area contributed by atoms with Crippen LogP contribution >= 0.6 is 23.4 Å². The minimum absolute atomic E-state index is 0.00483. The molecular weight excluding hydrogens is 327 g/mol. The van der Waals surface area contributed by atoms with Crippen LogP contribution in [0.5, 0.6) is 0 Å². The second-order valence-electron chi connectivity index (χ2n) is 4.00. The molecule has 0 aromatic carbocycles. The van der Waals surface area contributed by atoms with Crippen molar-refractivity contribution in [3.05, 3.63) is 22.8 Å². The predicted molar refractivity (Wildman–Crippen MR) is 78.9 cm³/mol. The monoisotopic (exact) mass is 341 g/mol. The molecule has 0 fully saturated rings. The summed E-state index contributed by atoms with van der Waals surface area (Å²) in [5, 5.41) is 5.51. The summed E-state index contributed by atoms with van der Waals surface area (Å²) in [6.45, 7) is 2.56. The molecule has 0 spiro atoms. The lowest BCUT2D eigenvalue weighted by atomic mass is 10.3. The second-order valence-corrected chi connectivity index (χ2v) is 5.57. The predicted octanol–water partition coefficient (Wildman–Crippen LogP) is 3.54. The van der Waals surface area contributed by atoms with E-state index >= 15 is 0 Å². The summed E-state index contributed by atoms with van der Waals surface area (Å²) < 4.78 is 35.8. The van der Waals surface area contributed by atoms with E-state index < -0.39 is 11.4 Å². The molecule has 0 aliphatic rings. The number of halogens is 4. The molecule has 9 heteroatoms. The summed E-state index contributed by atoms with van der Waals surface area (Å²) in [4.78, 5) is 15.9. The molecule has 0 aliphatic heterocycles. The van der Waals surface area contributed by atoms with Gasteiger partial charge in [-0.15, -0.1) is 0 Å². The summed E-state index contributed by atoms with van der Waals surface area (Å²) in [7, 11) is 0. The number of pyridine rings is 1. The maximum absolute atomic E-state index is 11.9. The molecule has 0 unspecified atom stereocenters. The van der Waals surface area contributed by atoms with Gasteiger partial charge in [0.2, 0.25) is 0 Å². The molecule has 1 amide bonds. The Morgan fingerprint density at radius 2 is 2.10 bits per heavy atom. The van der Waals surface area contributed by atoms with E-state index in [1.54, 1.807) is 6.07 Å². The molecule has 0 bridgehead atoms. The van der Waals surface area contributed by atoms with Gasteiger partial charge in [-0.05, 0) is 30.3 Å². The number of carbonyl (C=O) groups is 1. The van der Waals surface area contributed by atoms with Crippen LogP contribution in [-0.4, -0.2) is 35.2 Å². The molecule has 4 nitrogen and oxygen atoms in total. The second kappa shape index (κ2) is 8.33. The molecule has 0 saturated heterocycles. The van der Waals surface area contributed by atoms with Crippen molar-refractivity contribution in [2.75, 3.05) is 24.2 Å². The topological polar surface area (TPSA) is 54.0 Å². The van der Waals surface area contributed by atoms with Crippen molar-refractivity contribution in [1.29, 1.82) is 0 Å². The van der Waals surface area contributed by atoms with Crippen LogP contribution in [0.4, 0.5) is 19.0 Å². The van der Waals surface area contributed by atoms with E-state index in [9.17, 15) is 18.0 Å². The van der Waals surface area contributed by atoms with Gasteiger partial charge in [0.05, 0.1) is 5.02 Å². The van der Waals surface area contributed by atoms with E-state index in [1.165, 1.54) is 6.07 Å². The van der Waals surface area contributed by atoms with Crippen LogP contribution in [-0.2, 0) is 0 Å². The smallest absolute Gasteiger partial charge is 0.370 e. The number of nitrogens with one attached hydrogen (secondary N) is 2. The van der Waals surface area contributed by atoms with Crippen LogP contribution < -0.4 is 10.6 Å². The number of amides is 1. The third-order valence-corrected chi connectivity index (χ3v) is 3.31. The first kappa shape index (κ1) is 17.9. The maximum Gasteiger partial charge on any atom is 0.441 e. The van der Waals surface area contributed by atoms with E-state index in [-0.39, 0.29) is 34.8 Å². The summed E-state index contributed by atoms with van der Waals surface area (Å²) in [6.07, 6.45) is 0.889. The van der Waals surface area contributed by atoms with Crippen molar-refractivity contribution in [1.82, 2.24) is 10.3 Å². The number of aromatic nitrogens is 1. The highest BCUT2D eigenvalue weighted by Crippen LogP contribution is 2.29. The highest BCUT2D eigenvalue weighted by Gasteiger charge is 2.27. The van der Waals surface area contributed by atoms with E-state index in [1.807, 2.05) is 6.92 Å². The number of nitrogens with zero attached hydrogens (tertiary/aromatic N) is 1. The normalized spacial score (nSPS) is 11.3.